The molecule has 1 aromatic carbocycles. The number of aryl methyl sites for hydroxylation is 1. The maximum atomic E-state index is 12.4. The van der Waals surface area contributed by atoms with E-state index >= 15 is 0 Å². The van der Waals surface area contributed by atoms with Crippen molar-refractivity contribution < 1.29 is 9.59 Å². The molecule has 3 rings (SSSR count). The minimum Gasteiger partial charge on any atom is -0.348 e. The Morgan fingerprint density at radius 2 is 1.59 bits per heavy atom. The summed E-state index contributed by atoms with van der Waals surface area (Å²) in [7, 11) is 0. The summed E-state index contributed by atoms with van der Waals surface area (Å²) >= 11 is 0. The Kier molecular flexibility index (Phi) is 5.89. The first-order valence-corrected chi connectivity index (χ1v) is 8.59. The molecule has 0 radical (unpaired) electrons. The van der Waals surface area contributed by atoms with Crippen LogP contribution >= 0.6 is 0 Å². The number of aromatic nitrogens is 2. The lowest BCUT2D eigenvalue weighted by atomic mass is 10.1. The first kappa shape index (κ1) is 18.3. The van der Waals surface area contributed by atoms with Gasteiger partial charge in [0.2, 0.25) is 0 Å². The minimum atomic E-state index is -0.333. The molecule has 0 saturated carbocycles. The van der Waals surface area contributed by atoms with Gasteiger partial charge in [-0.25, -0.2) is 0 Å². The van der Waals surface area contributed by atoms with Crippen molar-refractivity contribution in [2.24, 2.45) is 0 Å². The monoisotopic (exact) mass is 360 g/mol. The molecule has 0 atom stereocenters. The molecule has 2 N–H and O–H groups in total. The molecule has 3 aromatic rings. The summed E-state index contributed by atoms with van der Waals surface area (Å²) < 4.78 is 0. The zero-order chi connectivity index (χ0) is 19.1. The summed E-state index contributed by atoms with van der Waals surface area (Å²) in [5.41, 5.74) is 3.69. The quantitative estimate of drug-likeness (QED) is 0.708. The zero-order valence-corrected chi connectivity index (χ0v) is 15.0. The van der Waals surface area contributed by atoms with Gasteiger partial charge in [-0.1, -0.05) is 29.8 Å². The molecule has 0 unspecified atom stereocenters. The van der Waals surface area contributed by atoms with Gasteiger partial charge in [-0.3, -0.25) is 19.6 Å². The largest absolute Gasteiger partial charge is 0.348 e. The predicted molar refractivity (Wildman–Crippen MR) is 102 cm³/mol. The number of rotatable bonds is 6. The zero-order valence-electron chi connectivity index (χ0n) is 15.0. The van der Waals surface area contributed by atoms with Crippen molar-refractivity contribution in [1.82, 2.24) is 20.6 Å². The van der Waals surface area contributed by atoms with E-state index in [2.05, 4.69) is 20.6 Å². The van der Waals surface area contributed by atoms with E-state index in [-0.39, 0.29) is 17.5 Å². The fraction of sp³-hybridized carbons (Fsp3) is 0.143. The van der Waals surface area contributed by atoms with Gasteiger partial charge in [0.1, 0.15) is 5.69 Å². The highest BCUT2D eigenvalue weighted by Gasteiger charge is 2.11. The van der Waals surface area contributed by atoms with Crippen molar-refractivity contribution in [3.63, 3.8) is 0 Å². The molecule has 2 heterocycles. The number of pyridine rings is 2. The number of nitrogens with one attached hydrogen (secondary N) is 2. The van der Waals surface area contributed by atoms with Gasteiger partial charge in [0.15, 0.2) is 0 Å². The lowest BCUT2D eigenvalue weighted by Crippen LogP contribution is -2.26. The maximum absolute atomic E-state index is 12.4. The van der Waals surface area contributed by atoms with Crippen LogP contribution in [-0.2, 0) is 13.1 Å². The summed E-state index contributed by atoms with van der Waals surface area (Å²) in [4.78, 5) is 32.7. The van der Waals surface area contributed by atoms with Crippen LogP contribution in [0.5, 0.6) is 0 Å². The van der Waals surface area contributed by atoms with Crippen LogP contribution in [0.2, 0.25) is 0 Å². The van der Waals surface area contributed by atoms with Crippen LogP contribution in [0, 0.1) is 6.92 Å². The lowest BCUT2D eigenvalue weighted by molar-refractivity contribution is 0.0946. The number of carbonyl (C=O) groups excluding carboxylic acids is 2. The van der Waals surface area contributed by atoms with Crippen LogP contribution in [0.25, 0.3) is 0 Å². The van der Waals surface area contributed by atoms with Gasteiger partial charge in [0.25, 0.3) is 11.8 Å². The molecule has 0 saturated heterocycles. The van der Waals surface area contributed by atoms with E-state index in [1.165, 1.54) is 12.3 Å². The van der Waals surface area contributed by atoms with Gasteiger partial charge in [0, 0.05) is 37.2 Å². The molecule has 0 bridgehead atoms. The van der Waals surface area contributed by atoms with E-state index in [1.54, 1.807) is 18.5 Å². The van der Waals surface area contributed by atoms with Gasteiger partial charge in [0.05, 0.1) is 0 Å². The van der Waals surface area contributed by atoms with Crippen molar-refractivity contribution in [1.29, 1.82) is 0 Å². The Labute approximate surface area is 157 Å². The Hall–Kier alpha value is -3.54. The highest BCUT2D eigenvalue weighted by atomic mass is 16.2. The third-order valence-electron chi connectivity index (χ3n) is 3.99. The van der Waals surface area contributed by atoms with Gasteiger partial charge in [-0.05, 0) is 42.3 Å². The molecular formula is C21H20N4O2. The van der Waals surface area contributed by atoms with Crippen LogP contribution < -0.4 is 10.6 Å². The van der Waals surface area contributed by atoms with Crippen molar-refractivity contribution in [3.8, 4) is 0 Å². The summed E-state index contributed by atoms with van der Waals surface area (Å²) in [6.07, 6.45) is 4.79. The van der Waals surface area contributed by atoms with Crippen LogP contribution in [-0.4, -0.2) is 21.8 Å². The van der Waals surface area contributed by atoms with Crippen LogP contribution in [0.1, 0.15) is 37.5 Å². The van der Waals surface area contributed by atoms with Gasteiger partial charge < -0.3 is 10.6 Å². The van der Waals surface area contributed by atoms with E-state index in [1.807, 2.05) is 43.3 Å². The first-order chi connectivity index (χ1) is 13.1. The predicted octanol–water partition coefficient (Wildman–Crippen LogP) is 2.65. The SMILES string of the molecule is Cc1cccc(CNC(=O)c2ccnc(C(=O)NCc3ccncc3)c2)c1. The second-order valence-corrected chi connectivity index (χ2v) is 6.14. The number of carbonyl (C=O) groups is 2. The highest BCUT2D eigenvalue weighted by Crippen LogP contribution is 2.06. The van der Waals surface area contributed by atoms with E-state index in [0.29, 0.717) is 18.7 Å². The molecule has 0 spiro atoms. The molecule has 136 valence electrons. The third kappa shape index (κ3) is 5.22. The number of hydrogen-bond acceptors (Lipinski definition) is 4. The first-order valence-electron chi connectivity index (χ1n) is 8.59. The Balaban J connectivity index is 1.60. The number of hydrogen-bond donors (Lipinski definition) is 2. The number of benzene rings is 1. The molecular weight excluding hydrogens is 340 g/mol. The van der Waals surface area contributed by atoms with Crippen LogP contribution in [0.15, 0.2) is 67.1 Å². The van der Waals surface area contributed by atoms with Crippen molar-refractivity contribution in [2.45, 2.75) is 20.0 Å². The molecule has 27 heavy (non-hydrogen) atoms. The lowest BCUT2D eigenvalue weighted by Gasteiger charge is -2.08. The van der Waals surface area contributed by atoms with Gasteiger partial charge >= 0.3 is 0 Å². The smallest absolute Gasteiger partial charge is 0.270 e. The Morgan fingerprint density at radius 3 is 2.37 bits per heavy atom. The van der Waals surface area contributed by atoms with Crippen molar-refractivity contribution in [2.75, 3.05) is 0 Å². The van der Waals surface area contributed by atoms with E-state index < -0.39 is 0 Å². The van der Waals surface area contributed by atoms with E-state index in [9.17, 15) is 9.59 Å². The summed E-state index contributed by atoms with van der Waals surface area (Å²) in [6, 6.07) is 14.7. The summed E-state index contributed by atoms with van der Waals surface area (Å²) in [6.45, 7) is 2.80. The van der Waals surface area contributed by atoms with Gasteiger partial charge in [-0.15, -0.1) is 0 Å². The fourth-order valence-corrected chi connectivity index (χ4v) is 2.58. The summed E-state index contributed by atoms with van der Waals surface area (Å²) in [5, 5.41) is 5.65. The topological polar surface area (TPSA) is 84.0 Å². The van der Waals surface area contributed by atoms with E-state index in [0.717, 1.165) is 16.7 Å². The third-order valence-corrected chi connectivity index (χ3v) is 3.99. The Morgan fingerprint density at radius 1 is 0.852 bits per heavy atom. The summed E-state index contributed by atoms with van der Waals surface area (Å²) in [5.74, 6) is -0.581. The highest BCUT2D eigenvalue weighted by molar-refractivity contribution is 5.98. The molecule has 0 aliphatic rings. The molecule has 0 fully saturated rings. The van der Waals surface area contributed by atoms with Crippen molar-refractivity contribution in [3.05, 3.63) is 95.1 Å². The standard InChI is InChI=1S/C21H20N4O2/c1-15-3-2-4-17(11-15)14-24-20(26)18-7-10-23-19(12-18)21(27)25-13-16-5-8-22-9-6-16/h2-12H,13-14H2,1H3,(H,24,26)(H,25,27). The van der Waals surface area contributed by atoms with Crippen LogP contribution in [0.4, 0.5) is 0 Å². The van der Waals surface area contributed by atoms with E-state index in [4.69, 9.17) is 0 Å². The molecule has 2 aromatic heterocycles. The Bertz CT molecular complexity index is 942. The fourth-order valence-electron chi connectivity index (χ4n) is 2.58. The average molecular weight is 360 g/mol. The average Bonchev–Trinajstić information content (AvgIpc) is 2.71. The minimum absolute atomic E-state index is 0.201. The molecule has 6 nitrogen and oxygen atoms in total. The molecule has 0 aliphatic heterocycles. The maximum Gasteiger partial charge on any atom is 0.270 e. The molecule has 0 aliphatic carbocycles. The number of nitrogens with zero attached hydrogens (tertiary/aromatic N) is 2. The normalized spacial score (nSPS) is 10.3. The molecule has 2 amide bonds. The second kappa shape index (κ2) is 8.71. The van der Waals surface area contributed by atoms with Crippen LogP contribution in [0.3, 0.4) is 0 Å². The second-order valence-electron chi connectivity index (χ2n) is 6.14. The number of amides is 2. The van der Waals surface area contributed by atoms with Crippen molar-refractivity contribution >= 4 is 11.8 Å². The molecule has 6 heteroatoms. The van der Waals surface area contributed by atoms with Gasteiger partial charge in [-0.2, -0.15) is 0 Å².